The Kier molecular flexibility index (Phi) is 1.74. The SMILES string of the molecule is Cn1[c]nc2ccc(Cl)c(Cl)c21. The zero-order valence-corrected chi connectivity index (χ0v) is 7.82. The molecule has 0 aliphatic heterocycles. The van der Waals surface area contributed by atoms with Gasteiger partial charge in [-0.25, -0.2) is 4.98 Å². The van der Waals surface area contributed by atoms with Gasteiger partial charge >= 0.3 is 0 Å². The molecule has 0 aliphatic rings. The standard InChI is InChI=1S/C8H5Cl2N2/c1-12-4-11-6-3-2-5(9)7(10)8(6)12/h2-3H,1H3. The summed E-state index contributed by atoms with van der Waals surface area (Å²) in [4.78, 5) is 4.02. The van der Waals surface area contributed by atoms with Gasteiger partial charge in [0, 0.05) is 7.05 Å². The van der Waals surface area contributed by atoms with E-state index in [0.717, 1.165) is 11.0 Å². The van der Waals surface area contributed by atoms with Gasteiger partial charge in [-0.1, -0.05) is 23.2 Å². The maximum Gasteiger partial charge on any atom is 0.177 e. The molecule has 0 spiro atoms. The maximum atomic E-state index is 5.96. The lowest BCUT2D eigenvalue weighted by molar-refractivity contribution is 0.936. The van der Waals surface area contributed by atoms with Crippen molar-refractivity contribution in [2.45, 2.75) is 0 Å². The summed E-state index contributed by atoms with van der Waals surface area (Å²) in [5, 5.41) is 1.08. The minimum absolute atomic E-state index is 0.533. The van der Waals surface area contributed by atoms with Gasteiger partial charge in [0.05, 0.1) is 21.1 Å². The Morgan fingerprint density at radius 1 is 1.42 bits per heavy atom. The Hall–Kier alpha value is -0.730. The summed E-state index contributed by atoms with van der Waals surface area (Å²) in [6.07, 6.45) is 2.77. The van der Waals surface area contributed by atoms with Crippen LogP contribution in [0.4, 0.5) is 0 Å². The molecule has 2 rings (SSSR count). The van der Waals surface area contributed by atoms with E-state index in [1.54, 1.807) is 10.6 Å². The van der Waals surface area contributed by atoms with Gasteiger partial charge in [-0.3, -0.25) is 0 Å². The largest absolute Gasteiger partial charge is 0.323 e. The summed E-state index contributed by atoms with van der Waals surface area (Å²) >= 11 is 11.8. The number of hydrogen-bond donors (Lipinski definition) is 0. The van der Waals surface area contributed by atoms with E-state index in [4.69, 9.17) is 23.2 Å². The van der Waals surface area contributed by atoms with Gasteiger partial charge in [0.2, 0.25) is 0 Å². The first-order valence-corrected chi connectivity index (χ1v) is 4.14. The van der Waals surface area contributed by atoms with E-state index in [1.165, 1.54) is 0 Å². The third-order valence-corrected chi connectivity index (χ3v) is 2.50. The smallest absolute Gasteiger partial charge is 0.177 e. The lowest BCUT2D eigenvalue weighted by atomic mass is 10.3. The Morgan fingerprint density at radius 2 is 2.17 bits per heavy atom. The highest BCUT2D eigenvalue weighted by Crippen LogP contribution is 2.29. The van der Waals surface area contributed by atoms with E-state index in [0.29, 0.717) is 10.0 Å². The van der Waals surface area contributed by atoms with Crippen molar-refractivity contribution in [2.24, 2.45) is 7.05 Å². The number of nitrogens with zero attached hydrogens (tertiary/aromatic N) is 2. The minimum Gasteiger partial charge on any atom is -0.323 e. The number of fused-ring (bicyclic) bond motifs is 1. The number of hydrogen-bond acceptors (Lipinski definition) is 1. The third kappa shape index (κ3) is 0.993. The number of halogens is 2. The summed E-state index contributed by atoms with van der Waals surface area (Å²) in [6.45, 7) is 0. The van der Waals surface area contributed by atoms with Crippen LogP contribution in [-0.2, 0) is 7.05 Å². The Bertz CT molecular complexity index is 434. The van der Waals surface area contributed by atoms with Crippen LogP contribution in [0.1, 0.15) is 0 Å². The molecule has 0 saturated carbocycles. The number of rotatable bonds is 0. The molecular weight excluding hydrogens is 195 g/mol. The highest BCUT2D eigenvalue weighted by molar-refractivity contribution is 6.44. The van der Waals surface area contributed by atoms with Crippen LogP contribution in [-0.4, -0.2) is 9.55 Å². The number of imidazole rings is 1. The summed E-state index contributed by atoms with van der Waals surface area (Å²) in [6, 6.07) is 3.55. The van der Waals surface area contributed by atoms with E-state index in [-0.39, 0.29) is 0 Å². The van der Waals surface area contributed by atoms with Crippen LogP contribution in [0.2, 0.25) is 10.0 Å². The molecule has 12 heavy (non-hydrogen) atoms. The van der Waals surface area contributed by atoms with E-state index in [9.17, 15) is 0 Å². The second-order valence-corrected chi connectivity index (χ2v) is 3.29. The molecule has 1 heterocycles. The fourth-order valence-corrected chi connectivity index (χ4v) is 1.56. The molecule has 1 aromatic heterocycles. The lowest BCUT2D eigenvalue weighted by Crippen LogP contribution is -1.85. The van der Waals surface area contributed by atoms with Crippen LogP contribution >= 0.6 is 23.2 Å². The Morgan fingerprint density at radius 3 is 2.92 bits per heavy atom. The van der Waals surface area contributed by atoms with Gasteiger partial charge < -0.3 is 4.57 Å². The van der Waals surface area contributed by atoms with Crippen molar-refractivity contribution in [3.8, 4) is 0 Å². The van der Waals surface area contributed by atoms with E-state index in [2.05, 4.69) is 11.3 Å². The summed E-state index contributed by atoms with van der Waals surface area (Å²) in [5.74, 6) is 0. The van der Waals surface area contributed by atoms with Crippen molar-refractivity contribution >= 4 is 34.2 Å². The summed E-state index contributed by atoms with van der Waals surface area (Å²) in [7, 11) is 1.83. The van der Waals surface area contributed by atoms with Crippen LogP contribution in [0.5, 0.6) is 0 Å². The minimum atomic E-state index is 0.533. The highest BCUT2D eigenvalue weighted by Gasteiger charge is 2.07. The van der Waals surface area contributed by atoms with Gasteiger partial charge in [-0.15, -0.1) is 0 Å². The quantitative estimate of drug-likeness (QED) is 0.639. The average Bonchev–Trinajstić information content (AvgIpc) is 2.41. The molecule has 0 bridgehead atoms. The van der Waals surface area contributed by atoms with Crippen LogP contribution in [0.3, 0.4) is 0 Å². The first-order chi connectivity index (χ1) is 5.70. The van der Waals surface area contributed by atoms with E-state index < -0.39 is 0 Å². The van der Waals surface area contributed by atoms with Crippen molar-refractivity contribution < 1.29 is 0 Å². The molecular formula is C8H5Cl2N2. The van der Waals surface area contributed by atoms with Crippen LogP contribution in [0, 0.1) is 6.33 Å². The van der Waals surface area contributed by atoms with Gasteiger partial charge in [-0.05, 0) is 12.1 Å². The fourth-order valence-electron chi connectivity index (χ4n) is 1.12. The molecule has 0 aliphatic carbocycles. The third-order valence-electron chi connectivity index (χ3n) is 1.70. The fraction of sp³-hybridized carbons (Fsp3) is 0.125. The maximum absolute atomic E-state index is 5.96. The summed E-state index contributed by atoms with van der Waals surface area (Å²) < 4.78 is 1.73. The van der Waals surface area contributed by atoms with Crippen LogP contribution < -0.4 is 0 Å². The number of benzene rings is 1. The van der Waals surface area contributed by atoms with Crippen molar-refractivity contribution in [3.05, 3.63) is 28.5 Å². The van der Waals surface area contributed by atoms with Crippen LogP contribution in [0.15, 0.2) is 12.1 Å². The highest BCUT2D eigenvalue weighted by atomic mass is 35.5. The molecule has 0 atom stereocenters. The zero-order chi connectivity index (χ0) is 8.72. The predicted octanol–water partition coefficient (Wildman–Crippen LogP) is 2.68. The van der Waals surface area contributed by atoms with Gasteiger partial charge in [0.15, 0.2) is 6.33 Å². The van der Waals surface area contributed by atoms with Crippen molar-refractivity contribution in [1.29, 1.82) is 0 Å². The van der Waals surface area contributed by atoms with Crippen molar-refractivity contribution in [2.75, 3.05) is 0 Å². The van der Waals surface area contributed by atoms with E-state index in [1.807, 2.05) is 13.1 Å². The second kappa shape index (κ2) is 2.64. The van der Waals surface area contributed by atoms with Gasteiger partial charge in [-0.2, -0.15) is 0 Å². The first kappa shape index (κ1) is 7.90. The summed E-state index contributed by atoms with van der Waals surface area (Å²) in [5.41, 5.74) is 1.64. The normalized spacial score (nSPS) is 10.9. The van der Waals surface area contributed by atoms with Gasteiger partial charge in [0.1, 0.15) is 0 Å². The molecule has 2 aromatic rings. The Balaban J connectivity index is 2.96. The first-order valence-electron chi connectivity index (χ1n) is 3.38. The molecule has 2 nitrogen and oxygen atoms in total. The van der Waals surface area contributed by atoms with Crippen molar-refractivity contribution in [1.82, 2.24) is 9.55 Å². The average molecular weight is 200 g/mol. The zero-order valence-electron chi connectivity index (χ0n) is 6.31. The Labute approximate surface area is 79.7 Å². The molecule has 61 valence electrons. The van der Waals surface area contributed by atoms with Crippen LogP contribution in [0.25, 0.3) is 11.0 Å². The molecule has 0 fully saturated rings. The topological polar surface area (TPSA) is 17.8 Å². The molecule has 4 heteroatoms. The predicted molar refractivity (Wildman–Crippen MR) is 49.6 cm³/mol. The number of aryl methyl sites for hydroxylation is 1. The van der Waals surface area contributed by atoms with Crippen molar-refractivity contribution in [3.63, 3.8) is 0 Å². The number of aromatic nitrogens is 2. The molecule has 0 unspecified atom stereocenters. The lowest BCUT2D eigenvalue weighted by Gasteiger charge is -1.98. The molecule has 0 saturated heterocycles. The molecule has 1 radical (unpaired) electrons. The van der Waals surface area contributed by atoms with Gasteiger partial charge in [0.25, 0.3) is 0 Å². The monoisotopic (exact) mass is 199 g/mol. The molecule has 1 aromatic carbocycles. The molecule has 0 amide bonds. The van der Waals surface area contributed by atoms with E-state index >= 15 is 0 Å². The molecule has 0 N–H and O–H groups in total. The second-order valence-electron chi connectivity index (χ2n) is 2.50.